The second-order valence-corrected chi connectivity index (χ2v) is 4.85. The van der Waals surface area contributed by atoms with Crippen molar-refractivity contribution in [2.45, 2.75) is 19.8 Å². The third kappa shape index (κ3) is 3.69. The SMILES string of the molecule is Cc1ccc(F)cc1NC(=O)NCC(=O)N1CCCC1. The Labute approximate surface area is 117 Å². The number of amides is 3. The zero-order chi connectivity index (χ0) is 14.5. The Morgan fingerprint density at radius 1 is 1.30 bits per heavy atom. The molecule has 2 N–H and O–H groups in total. The summed E-state index contributed by atoms with van der Waals surface area (Å²) in [5.74, 6) is -0.507. The molecule has 2 rings (SSSR count). The average molecular weight is 279 g/mol. The van der Waals surface area contributed by atoms with Crippen LogP contribution in [0.25, 0.3) is 0 Å². The number of likely N-dealkylation sites (tertiary alicyclic amines) is 1. The van der Waals surface area contributed by atoms with Crippen LogP contribution in [0.4, 0.5) is 14.9 Å². The minimum absolute atomic E-state index is 0.0415. The van der Waals surface area contributed by atoms with Crippen molar-refractivity contribution in [2.75, 3.05) is 25.0 Å². The van der Waals surface area contributed by atoms with Crippen LogP contribution in [0.15, 0.2) is 18.2 Å². The fourth-order valence-corrected chi connectivity index (χ4v) is 2.13. The van der Waals surface area contributed by atoms with Crippen molar-refractivity contribution in [3.63, 3.8) is 0 Å². The van der Waals surface area contributed by atoms with Gasteiger partial charge in [0.2, 0.25) is 5.91 Å². The van der Waals surface area contributed by atoms with E-state index in [9.17, 15) is 14.0 Å². The van der Waals surface area contributed by atoms with E-state index in [0.717, 1.165) is 31.5 Å². The lowest BCUT2D eigenvalue weighted by atomic mass is 10.2. The average Bonchev–Trinajstić information content (AvgIpc) is 2.94. The number of carbonyl (C=O) groups excluding carboxylic acids is 2. The molecule has 0 radical (unpaired) electrons. The number of rotatable bonds is 3. The van der Waals surface area contributed by atoms with Gasteiger partial charge in [0.15, 0.2) is 0 Å². The molecule has 6 heteroatoms. The quantitative estimate of drug-likeness (QED) is 0.887. The van der Waals surface area contributed by atoms with Gasteiger partial charge in [-0.2, -0.15) is 0 Å². The van der Waals surface area contributed by atoms with Crippen LogP contribution in [0.2, 0.25) is 0 Å². The van der Waals surface area contributed by atoms with E-state index in [2.05, 4.69) is 10.6 Å². The monoisotopic (exact) mass is 279 g/mol. The third-order valence-electron chi connectivity index (χ3n) is 3.31. The molecule has 1 saturated heterocycles. The molecule has 0 aliphatic carbocycles. The Morgan fingerprint density at radius 3 is 2.70 bits per heavy atom. The predicted molar refractivity (Wildman–Crippen MR) is 74.0 cm³/mol. The highest BCUT2D eigenvalue weighted by molar-refractivity contribution is 5.92. The molecule has 20 heavy (non-hydrogen) atoms. The molecule has 3 amide bonds. The number of urea groups is 1. The number of aryl methyl sites for hydroxylation is 1. The van der Waals surface area contributed by atoms with E-state index in [0.29, 0.717) is 5.69 Å². The van der Waals surface area contributed by atoms with E-state index in [1.54, 1.807) is 17.9 Å². The van der Waals surface area contributed by atoms with Crippen LogP contribution in [-0.4, -0.2) is 36.5 Å². The predicted octanol–water partition coefficient (Wildman–Crippen LogP) is 1.88. The van der Waals surface area contributed by atoms with E-state index < -0.39 is 11.8 Å². The molecule has 1 aromatic carbocycles. The van der Waals surface area contributed by atoms with Gasteiger partial charge >= 0.3 is 6.03 Å². The van der Waals surface area contributed by atoms with E-state index in [1.807, 2.05) is 0 Å². The molecule has 1 heterocycles. The van der Waals surface area contributed by atoms with Gasteiger partial charge < -0.3 is 15.5 Å². The molecule has 0 aromatic heterocycles. The fraction of sp³-hybridized carbons (Fsp3) is 0.429. The Kier molecular flexibility index (Phi) is 4.55. The minimum Gasteiger partial charge on any atom is -0.341 e. The van der Waals surface area contributed by atoms with Crippen LogP contribution in [0.1, 0.15) is 18.4 Å². The molecule has 0 spiro atoms. The topological polar surface area (TPSA) is 61.4 Å². The first-order chi connectivity index (χ1) is 9.56. The van der Waals surface area contributed by atoms with Crippen LogP contribution in [-0.2, 0) is 4.79 Å². The van der Waals surface area contributed by atoms with Gasteiger partial charge in [-0.3, -0.25) is 4.79 Å². The number of carbonyl (C=O) groups is 2. The van der Waals surface area contributed by atoms with Crippen molar-refractivity contribution in [3.05, 3.63) is 29.6 Å². The molecular weight excluding hydrogens is 261 g/mol. The van der Waals surface area contributed by atoms with Crippen molar-refractivity contribution < 1.29 is 14.0 Å². The smallest absolute Gasteiger partial charge is 0.319 e. The van der Waals surface area contributed by atoms with Gasteiger partial charge in [-0.25, -0.2) is 9.18 Å². The van der Waals surface area contributed by atoms with Crippen LogP contribution in [0.5, 0.6) is 0 Å². The number of benzene rings is 1. The Hall–Kier alpha value is -2.11. The highest BCUT2D eigenvalue weighted by atomic mass is 19.1. The molecule has 0 bridgehead atoms. The number of nitrogens with zero attached hydrogens (tertiary/aromatic N) is 1. The van der Waals surface area contributed by atoms with Crippen LogP contribution in [0.3, 0.4) is 0 Å². The van der Waals surface area contributed by atoms with Crippen molar-refractivity contribution >= 4 is 17.6 Å². The minimum atomic E-state index is -0.508. The maximum Gasteiger partial charge on any atom is 0.319 e. The molecule has 0 saturated carbocycles. The number of nitrogens with one attached hydrogen (secondary N) is 2. The van der Waals surface area contributed by atoms with Gasteiger partial charge in [-0.05, 0) is 37.5 Å². The second-order valence-electron chi connectivity index (χ2n) is 4.85. The molecular formula is C14H18FN3O2. The summed E-state index contributed by atoms with van der Waals surface area (Å²) in [6.07, 6.45) is 2.03. The van der Waals surface area contributed by atoms with Gasteiger partial charge in [0.05, 0.1) is 6.54 Å². The first-order valence-electron chi connectivity index (χ1n) is 6.65. The van der Waals surface area contributed by atoms with Crippen molar-refractivity contribution in [2.24, 2.45) is 0 Å². The van der Waals surface area contributed by atoms with Crippen molar-refractivity contribution in [3.8, 4) is 0 Å². The summed E-state index contributed by atoms with van der Waals surface area (Å²) in [6, 6.07) is 3.65. The summed E-state index contributed by atoms with van der Waals surface area (Å²) in [7, 11) is 0. The highest BCUT2D eigenvalue weighted by Gasteiger charge is 2.18. The zero-order valence-corrected chi connectivity index (χ0v) is 11.4. The standard InChI is InChI=1S/C14H18FN3O2/c1-10-4-5-11(15)8-12(10)17-14(20)16-9-13(19)18-6-2-3-7-18/h4-5,8H,2-3,6-7,9H2,1H3,(H2,16,17,20). The maximum absolute atomic E-state index is 13.1. The summed E-state index contributed by atoms with van der Waals surface area (Å²) in [5, 5.41) is 5.03. The third-order valence-corrected chi connectivity index (χ3v) is 3.31. The van der Waals surface area contributed by atoms with Crippen molar-refractivity contribution in [1.82, 2.24) is 10.2 Å². The first kappa shape index (κ1) is 14.3. The lowest BCUT2D eigenvalue weighted by Crippen LogP contribution is -2.40. The Balaban J connectivity index is 1.83. The lowest BCUT2D eigenvalue weighted by Gasteiger charge is -2.16. The Morgan fingerprint density at radius 2 is 2.00 bits per heavy atom. The van der Waals surface area contributed by atoms with Crippen molar-refractivity contribution in [1.29, 1.82) is 0 Å². The van der Waals surface area contributed by atoms with Crippen LogP contribution < -0.4 is 10.6 Å². The summed E-state index contributed by atoms with van der Waals surface area (Å²) in [5.41, 5.74) is 1.16. The molecule has 1 aliphatic heterocycles. The molecule has 1 aliphatic rings. The van der Waals surface area contributed by atoms with Gasteiger partial charge in [-0.1, -0.05) is 6.07 Å². The maximum atomic E-state index is 13.1. The lowest BCUT2D eigenvalue weighted by molar-refractivity contribution is -0.128. The highest BCUT2D eigenvalue weighted by Crippen LogP contribution is 2.15. The number of halogens is 1. The number of anilines is 1. The molecule has 1 aromatic rings. The van der Waals surface area contributed by atoms with E-state index in [1.165, 1.54) is 12.1 Å². The summed E-state index contributed by atoms with van der Waals surface area (Å²) < 4.78 is 13.1. The molecule has 0 unspecified atom stereocenters. The fourth-order valence-electron chi connectivity index (χ4n) is 2.13. The Bertz CT molecular complexity index is 513. The summed E-state index contributed by atoms with van der Waals surface area (Å²) in [4.78, 5) is 25.2. The van der Waals surface area contributed by atoms with Gasteiger partial charge in [0.25, 0.3) is 0 Å². The second kappa shape index (κ2) is 6.36. The van der Waals surface area contributed by atoms with Gasteiger partial charge in [0.1, 0.15) is 5.82 Å². The number of hydrogen-bond acceptors (Lipinski definition) is 2. The van der Waals surface area contributed by atoms with Gasteiger partial charge in [-0.15, -0.1) is 0 Å². The van der Waals surface area contributed by atoms with E-state index in [-0.39, 0.29) is 12.5 Å². The summed E-state index contributed by atoms with van der Waals surface area (Å²) >= 11 is 0. The summed E-state index contributed by atoms with van der Waals surface area (Å²) in [6.45, 7) is 3.24. The number of hydrogen-bond donors (Lipinski definition) is 2. The normalized spacial score (nSPS) is 14.2. The van der Waals surface area contributed by atoms with Gasteiger partial charge in [0, 0.05) is 18.8 Å². The first-order valence-corrected chi connectivity index (χ1v) is 6.65. The molecule has 5 nitrogen and oxygen atoms in total. The van der Waals surface area contributed by atoms with Crippen LogP contribution >= 0.6 is 0 Å². The van der Waals surface area contributed by atoms with E-state index >= 15 is 0 Å². The largest absolute Gasteiger partial charge is 0.341 e. The van der Waals surface area contributed by atoms with E-state index in [4.69, 9.17) is 0 Å². The van der Waals surface area contributed by atoms with Crippen LogP contribution in [0, 0.1) is 12.7 Å². The molecule has 1 fully saturated rings. The molecule has 108 valence electrons. The molecule has 0 atom stereocenters. The zero-order valence-electron chi connectivity index (χ0n) is 11.4.